The van der Waals surface area contributed by atoms with Gasteiger partial charge in [-0.3, -0.25) is 9.69 Å². The van der Waals surface area contributed by atoms with E-state index in [1.54, 1.807) is 26.0 Å². The number of ether oxygens (including phenoxy) is 3. The quantitative estimate of drug-likeness (QED) is 0.356. The summed E-state index contributed by atoms with van der Waals surface area (Å²) < 4.78 is 47.4. The molecule has 0 saturated carbocycles. The number of sulfonamides is 1. The molecule has 13 nitrogen and oxygen atoms in total. The summed E-state index contributed by atoms with van der Waals surface area (Å²) in [5, 5.41) is 13.3. The Labute approximate surface area is 280 Å². The van der Waals surface area contributed by atoms with Crippen LogP contribution in [0.2, 0.25) is 0 Å². The Morgan fingerprint density at radius 2 is 1.73 bits per heavy atom. The van der Waals surface area contributed by atoms with Crippen molar-refractivity contribution in [3.05, 3.63) is 77.5 Å². The molecule has 1 aromatic heterocycles. The van der Waals surface area contributed by atoms with E-state index in [1.807, 2.05) is 0 Å². The number of piperazine rings is 1. The van der Waals surface area contributed by atoms with E-state index in [9.17, 15) is 18.5 Å². The van der Waals surface area contributed by atoms with Gasteiger partial charge in [0.2, 0.25) is 5.88 Å². The number of anilines is 1. The lowest BCUT2D eigenvalue weighted by atomic mass is 9.87. The van der Waals surface area contributed by atoms with Gasteiger partial charge in [0, 0.05) is 44.0 Å². The number of rotatable bonds is 9. The maximum Gasteiger partial charge on any atom is 0.411 e. The molecule has 252 valence electrons. The summed E-state index contributed by atoms with van der Waals surface area (Å²) in [6.07, 6.45) is 2.71. The maximum absolute atomic E-state index is 15.0. The molecule has 0 aliphatic carbocycles. The van der Waals surface area contributed by atoms with E-state index in [4.69, 9.17) is 14.2 Å². The van der Waals surface area contributed by atoms with Gasteiger partial charge >= 0.3 is 6.09 Å². The molecule has 2 amide bonds. The molecule has 0 radical (unpaired) electrons. The van der Waals surface area contributed by atoms with Crippen LogP contribution in [-0.4, -0.2) is 93.7 Å². The van der Waals surface area contributed by atoms with Crippen molar-refractivity contribution in [3.63, 3.8) is 0 Å². The fraction of sp³-hybridized carbons (Fsp3) is 0.412. The average molecular weight is 675 g/mol. The number of para-hydroxylation sites is 1. The van der Waals surface area contributed by atoms with Crippen LogP contribution in [0, 0.1) is 11.3 Å². The summed E-state index contributed by atoms with van der Waals surface area (Å²) in [4.78, 5) is 37.2. The zero-order valence-electron chi connectivity index (χ0n) is 26.9. The lowest BCUT2D eigenvalue weighted by Gasteiger charge is -2.41. The molecule has 14 heteroatoms. The summed E-state index contributed by atoms with van der Waals surface area (Å²) >= 11 is 0. The Morgan fingerprint density at radius 3 is 2.44 bits per heavy atom. The van der Waals surface area contributed by atoms with Crippen molar-refractivity contribution in [2.24, 2.45) is 0 Å². The number of aromatic nitrogens is 1. The van der Waals surface area contributed by atoms with Crippen LogP contribution in [0.5, 0.6) is 11.6 Å². The van der Waals surface area contributed by atoms with Crippen molar-refractivity contribution in [2.75, 3.05) is 56.8 Å². The summed E-state index contributed by atoms with van der Waals surface area (Å²) in [6, 6.07) is 15.7. The highest BCUT2D eigenvalue weighted by molar-refractivity contribution is 7.93. The van der Waals surface area contributed by atoms with Crippen molar-refractivity contribution < 1.29 is 32.2 Å². The summed E-state index contributed by atoms with van der Waals surface area (Å²) in [7, 11) is -4.66. The van der Waals surface area contributed by atoms with Gasteiger partial charge < -0.3 is 24.4 Å². The minimum atomic E-state index is -4.66. The predicted octanol–water partition coefficient (Wildman–Crippen LogP) is 3.24. The highest BCUT2D eigenvalue weighted by atomic mass is 32.2. The number of benzene rings is 2. The van der Waals surface area contributed by atoms with E-state index in [0.717, 1.165) is 25.9 Å². The summed E-state index contributed by atoms with van der Waals surface area (Å²) in [5.74, 6) is -1.03. The van der Waals surface area contributed by atoms with Crippen molar-refractivity contribution in [1.82, 2.24) is 20.1 Å². The van der Waals surface area contributed by atoms with Crippen molar-refractivity contribution in [3.8, 4) is 17.7 Å². The number of nitriles is 1. The van der Waals surface area contributed by atoms with Gasteiger partial charge in [-0.25, -0.2) is 18.2 Å². The number of amides is 2. The molecule has 0 spiro atoms. The third-order valence-electron chi connectivity index (χ3n) is 8.95. The number of nitrogens with one attached hydrogen (secondary N) is 1. The molecular weight excluding hydrogens is 636 g/mol. The van der Waals surface area contributed by atoms with Gasteiger partial charge in [0.25, 0.3) is 21.5 Å². The first-order chi connectivity index (χ1) is 23.3. The van der Waals surface area contributed by atoms with E-state index in [0.29, 0.717) is 36.5 Å². The smallest absolute Gasteiger partial charge is 0.411 e. The van der Waals surface area contributed by atoms with Gasteiger partial charge in [0.1, 0.15) is 10.6 Å². The highest BCUT2D eigenvalue weighted by Gasteiger charge is 2.61. The largest absolute Gasteiger partial charge is 0.492 e. The van der Waals surface area contributed by atoms with E-state index in [2.05, 4.69) is 21.3 Å². The lowest BCUT2D eigenvalue weighted by molar-refractivity contribution is -0.132. The molecule has 3 aliphatic rings. The second-order valence-electron chi connectivity index (χ2n) is 11.6. The zero-order chi connectivity index (χ0) is 33.9. The SMILES string of the molecule is CCOc1ccccc1S(=O)(=O)N1C(=O)C(OC(=O)N2CCN(C3CCNCC3)CC2)(c2cccnc2OCC)c2cc(C#N)ccc21. The van der Waals surface area contributed by atoms with Crippen LogP contribution < -0.4 is 19.1 Å². The van der Waals surface area contributed by atoms with E-state index >= 15 is 4.79 Å². The van der Waals surface area contributed by atoms with Gasteiger partial charge in [0.05, 0.1) is 36.1 Å². The van der Waals surface area contributed by atoms with E-state index in [1.165, 1.54) is 53.6 Å². The molecule has 1 unspecified atom stereocenters. The maximum atomic E-state index is 15.0. The number of carbonyl (C=O) groups excluding carboxylic acids is 2. The normalized spacial score (nSPS) is 20.2. The van der Waals surface area contributed by atoms with E-state index in [-0.39, 0.29) is 52.1 Å². The topological polar surface area (TPSA) is 154 Å². The average Bonchev–Trinajstić information content (AvgIpc) is 3.36. The Morgan fingerprint density at radius 1 is 1.00 bits per heavy atom. The minimum absolute atomic E-state index is 0.000314. The highest BCUT2D eigenvalue weighted by Crippen LogP contribution is 2.52. The molecule has 6 rings (SSSR count). The molecule has 2 saturated heterocycles. The van der Waals surface area contributed by atoms with Crippen LogP contribution in [-0.2, 0) is 25.2 Å². The molecule has 3 aromatic rings. The van der Waals surface area contributed by atoms with Crippen molar-refractivity contribution >= 4 is 27.7 Å². The lowest BCUT2D eigenvalue weighted by Crippen LogP contribution is -2.55. The molecule has 48 heavy (non-hydrogen) atoms. The molecular formula is C34H38N6O7S. The van der Waals surface area contributed by atoms with Crippen LogP contribution in [0.3, 0.4) is 0 Å². The second-order valence-corrected chi connectivity index (χ2v) is 13.4. The van der Waals surface area contributed by atoms with Gasteiger partial charge in [0.15, 0.2) is 0 Å². The van der Waals surface area contributed by atoms with Gasteiger partial charge in [-0.1, -0.05) is 12.1 Å². The Hall–Kier alpha value is -4.71. The molecule has 1 N–H and O–H groups in total. The third-order valence-corrected chi connectivity index (χ3v) is 10.7. The van der Waals surface area contributed by atoms with Crippen molar-refractivity contribution in [1.29, 1.82) is 5.26 Å². The van der Waals surface area contributed by atoms with Crippen LogP contribution in [0.4, 0.5) is 10.5 Å². The number of carbonyl (C=O) groups is 2. The van der Waals surface area contributed by atoms with Gasteiger partial charge in [-0.15, -0.1) is 0 Å². The van der Waals surface area contributed by atoms with Crippen LogP contribution >= 0.6 is 0 Å². The Kier molecular flexibility index (Phi) is 9.54. The molecule has 2 aromatic carbocycles. The summed E-state index contributed by atoms with van der Waals surface area (Å²) in [6.45, 7) is 7.66. The monoisotopic (exact) mass is 674 g/mol. The molecule has 0 bridgehead atoms. The summed E-state index contributed by atoms with van der Waals surface area (Å²) in [5.41, 5.74) is -2.27. The number of fused-ring (bicyclic) bond motifs is 1. The molecule has 4 heterocycles. The first-order valence-corrected chi connectivity index (χ1v) is 17.6. The second kappa shape index (κ2) is 13.8. The fourth-order valence-electron chi connectivity index (χ4n) is 6.67. The van der Waals surface area contributed by atoms with Gasteiger partial charge in [-0.2, -0.15) is 9.57 Å². The first kappa shape index (κ1) is 33.2. The number of pyridine rings is 1. The van der Waals surface area contributed by atoms with Crippen LogP contribution in [0.15, 0.2) is 65.7 Å². The van der Waals surface area contributed by atoms with E-state index < -0.39 is 27.6 Å². The van der Waals surface area contributed by atoms with Crippen molar-refractivity contribution in [2.45, 2.75) is 43.2 Å². The van der Waals surface area contributed by atoms with Crippen LogP contribution in [0.1, 0.15) is 43.4 Å². The van der Waals surface area contributed by atoms with Crippen LogP contribution in [0.25, 0.3) is 0 Å². The predicted molar refractivity (Wildman–Crippen MR) is 175 cm³/mol. The molecule has 3 aliphatic heterocycles. The fourth-order valence-corrected chi connectivity index (χ4v) is 8.26. The molecule has 2 fully saturated rings. The standard InChI is InChI=1S/C34H38N6O7S/c1-3-45-29-9-5-6-10-30(29)48(43,44)40-28-12-11-24(23-35)22-27(28)34(32(40)41,26-8-7-15-37-31(26)46-4-2)47-33(42)39-20-18-38(19-21-39)25-13-16-36-17-14-25/h5-12,15,22,25,36H,3-4,13-14,16-21H2,1-2H3. The Balaban J connectivity index is 1.47. The Bertz CT molecular complexity index is 1830. The molecule has 1 atom stereocenters. The number of piperidine rings is 1. The minimum Gasteiger partial charge on any atom is -0.492 e. The van der Waals surface area contributed by atoms with Gasteiger partial charge in [-0.05, 0) is 82.2 Å². The first-order valence-electron chi connectivity index (χ1n) is 16.1. The number of hydrogen-bond acceptors (Lipinski definition) is 11. The zero-order valence-corrected chi connectivity index (χ0v) is 27.7. The number of hydrogen-bond donors (Lipinski definition) is 1. The number of nitrogens with zero attached hydrogens (tertiary/aromatic N) is 5. The third kappa shape index (κ3) is 5.82.